The minimum absolute atomic E-state index is 0.590. The topological polar surface area (TPSA) is 56.3 Å². The number of fused-ring (bicyclic) bond motifs is 1. The van der Waals surface area contributed by atoms with E-state index in [9.17, 15) is 0 Å². The summed E-state index contributed by atoms with van der Waals surface area (Å²) in [6.07, 6.45) is 1.05. The van der Waals surface area contributed by atoms with Crippen LogP contribution in [0.4, 0.5) is 5.82 Å². The van der Waals surface area contributed by atoms with Gasteiger partial charge in [-0.15, -0.1) is 0 Å². The highest BCUT2D eigenvalue weighted by molar-refractivity contribution is 6.99. The monoisotopic (exact) mass is 277 g/mol. The lowest BCUT2D eigenvalue weighted by molar-refractivity contribution is 0.171. The second-order valence-electron chi connectivity index (χ2n) is 4.25. The number of aromatic nitrogens is 2. The molecular formula is C13H15N3O2S. The Morgan fingerprint density at radius 3 is 2.89 bits per heavy atom. The molecule has 5 nitrogen and oxygen atoms in total. The molecule has 0 radical (unpaired) electrons. The van der Waals surface area contributed by atoms with Crippen molar-refractivity contribution >= 4 is 17.5 Å². The summed E-state index contributed by atoms with van der Waals surface area (Å²) in [6.45, 7) is 4.21. The molecule has 2 heterocycles. The summed E-state index contributed by atoms with van der Waals surface area (Å²) in [5.41, 5.74) is 1.87. The molecule has 1 aromatic heterocycles. The second kappa shape index (κ2) is 5.44. The third-order valence-electron chi connectivity index (χ3n) is 2.85. The number of ether oxygens (including phenoxy) is 2. The average Bonchev–Trinajstić information content (AvgIpc) is 2.93. The number of benzene rings is 1. The van der Waals surface area contributed by atoms with E-state index in [4.69, 9.17) is 9.47 Å². The molecule has 100 valence electrons. The molecule has 3 rings (SSSR count). The molecule has 1 N–H and O–H groups in total. The van der Waals surface area contributed by atoms with E-state index in [0.717, 1.165) is 41.5 Å². The summed E-state index contributed by atoms with van der Waals surface area (Å²) in [7, 11) is 0. The molecule has 0 amide bonds. The lowest BCUT2D eigenvalue weighted by Gasteiger charge is -2.18. The molecular weight excluding hydrogens is 262 g/mol. The van der Waals surface area contributed by atoms with E-state index in [1.165, 1.54) is 11.7 Å². The van der Waals surface area contributed by atoms with E-state index < -0.39 is 0 Å². The van der Waals surface area contributed by atoms with Crippen LogP contribution in [0.1, 0.15) is 13.3 Å². The van der Waals surface area contributed by atoms with Gasteiger partial charge in [0.2, 0.25) is 0 Å². The first kappa shape index (κ1) is 12.2. The number of rotatable bonds is 4. The molecule has 0 bridgehead atoms. The first-order valence-electron chi connectivity index (χ1n) is 6.35. The highest BCUT2D eigenvalue weighted by Gasteiger charge is 2.16. The summed E-state index contributed by atoms with van der Waals surface area (Å²) >= 11 is 1.21. The molecule has 0 fully saturated rings. The molecule has 0 spiro atoms. The van der Waals surface area contributed by atoms with Crippen LogP contribution in [0.5, 0.6) is 11.5 Å². The van der Waals surface area contributed by atoms with Gasteiger partial charge in [0.1, 0.15) is 18.9 Å². The van der Waals surface area contributed by atoms with Crippen molar-refractivity contribution in [1.82, 2.24) is 8.75 Å². The fourth-order valence-corrected chi connectivity index (χ4v) is 2.48. The van der Waals surface area contributed by atoms with Gasteiger partial charge >= 0.3 is 0 Å². The smallest absolute Gasteiger partial charge is 0.168 e. The van der Waals surface area contributed by atoms with E-state index in [1.807, 2.05) is 18.2 Å². The zero-order chi connectivity index (χ0) is 13.1. The first-order chi connectivity index (χ1) is 9.38. The maximum atomic E-state index is 5.59. The fourth-order valence-electron chi connectivity index (χ4n) is 1.93. The van der Waals surface area contributed by atoms with Gasteiger partial charge in [0.25, 0.3) is 0 Å². The van der Waals surface area contributed by atoms with Crippen molar-refractivity contribution in [3.8, 4) is 22.8 Å². The average molecular weight is 277 g/mol. The maximum Gasteiger partial charge on any atom is 0.168 e. The molecule has 0 atom stereocenters. The zero-order valence-corrected chi connectivity index (χ0v) is 11.5. The normalized spacial score (nSPS) is 13.3. The van der Waals surface area contributed by atoms with E-state index in [-0.39, 0.29) is 0 Å². The summed E-state index contributed by atoms with van der Waals surface area (Å²) < 4.78 is 19.8. The number of nitrogens with one attached hydrogen (secondary N) is 1. The van der Waals surface area contributed by atoms with E-state index >= 15 is 0 Å². The van der Waals surface area contributed by atoms with Crippen molar-refractivity contribution < 1.29 is 9.47 Å². The summed E-state index contributed by atoms with van der Waals surface area (Å²) in [6, 6.07) is 5.87. The Kier molecular flexibility index (Phi) is 3.50. The lowest BCUT2D eigenvalue weighted by atomic mass is 10.1. The van der Waals surface area contributed by atoms with Gasteiger partial charge in [-0.05, 0) is 24.6 Å². The predicted molar refractivity (Wildman–Crippen MR) is 75.1 cm³/mol. The minimum Gasteiger partial charge on any atom is -0.486 e. The fraction of sp³-hybridized carbons (Fsp3) is 0.385. The Hall–Kier alpha value is -1.82. The van der Waals surface area contributed by atoms with Gasteiger partial charge in [0.15, 0.2) is 17.3 Å². The lowest BCUT2D eigenvalue weighted by Crippen LogP contribution is -2.15. The van der Waals surface area contributed by atoms with Gasteiger partial charge in [0.05, 0.1) is 11.7 Å². The Labute approximate surface area is 115 Å². The van der Waals surface area contributed by atoms with Gasteiger partial charge in [-0.2, -0.15) is 8.75 Å². The highest BCUT2D eigenvalue weighted by Crippen LogP contribution is 2.36. The van der Waals surface area contributed by atoms with Crippen molar-refractivity contribution in [2.45, 2.75) is 13.3 Å². The summed E-state index contributed by atoms with van der Waals surface area (Å²) in [4.78, 5) is 0. The second-order valence-corrected chi connectivity index (χ2v) is 4.78. The number of anilines is 1. The van der Waals surface area contributed by atoms with Crippen LogP contribution in [0, 0.1) is 0 Å². The van der Waals surface area contributed by atoms with Crippen LogP contribution in [0.3, 0.4) is 0 Å². The molecule has 6 heteroatoms. The molecule has 1 aliphatic rings. The predicted octanol–water partition coefficient (Wildman–Crippen LogP) is 2.80. The van der Waals surface area contributed by atoms with Crippen molar-refractivity contribution in [2.24, 2.45) is 0 Å². The van der Waals surface area contributed by atoms with Crippen LogP contribution in [0.2, 0.25) is 0 Å². The standard InChI is InChI=1S/C13H15N3O2S/c1-2-5-14-13-12(15-19-16-13)9-3-4-10-11(8-9)18-7-6-17-10/h3-4,8H,2,5-7H2,1H3,(H,14,16). The van der Waals surface area contributed by atoms with Crippen LogP contribution in [0.25, 0.3) is 11.3 Å². The number of hydrogen-bond acceptors (Lipinski definition) is 6. The molecule has 2 aromatic rings. The largest absolute Gasteiger partial charge is 0.486 e. The van der Waals surface area contributed by atoms with E-state index in [0.29, 0.717) is 13.2 Å². The third-order valence-corrected chi connectivity index (χ3v) is 3.38. The van der Waals surface area contributed by atoms with Gasteiger partial charge < -0.3 is 14.8 Å². The SMILES string of the molecule is CCCNc1nsnc1-c1ccc2c(c1)OCCO2. The Morgan fingerprint density at radius 2 is 2.05 bits per heavy atom. The molecule has 0 aliphatic carbocycles. The third kappa shape index (κ3) is 2.49. The Bertz CT molecular complexity index is 571. The minimum atomic E-state index is 0.590. The number of hydrogen-bond donors (Lipinski definition) is 1. The molecule has 1 aromatic carbocycles. The zero-order valence-electron chi connectivity index (χ0n) is 10.7. The van der Waals surface area contributed by atoms with Crippen LogP contribution >= 0.6 is 11.7 Å². The van der Waals surface area contributed by atoms with Crippen LogP contribution < -0.4 is 14.8 Å². The molecule has 0 saturated heterocycles. The van der Waals surface area contributed by atoms with Crippen molar-refractivity contribution in [2.75, 3.05) is 25.1 Å². The van der Waals surface area contributed by atoms with Crippen LogP contribution in [-0.4, -0.2) is 28.5 Å². The number of nitrogens with zero attached hydrogens (tertiary/aromatic N) is 2. The van der Waals surface area contributed by atoms with Crippen molar-refractivity contribution in [1.29, 1.82) is 0 Å². The van der Waals surface area contributed by atoms with E-state index in [1.54, 1.807) is 0 Å². The van der Waals surface area contributed by atoms with Crippen molar-refractivity contribution in [3.05, 3.63) is 18.2 Å². The van der Waals surface area contributed by atoms with Gasteiger partial charge in [-0.3, -0.25) is 0 Å². The van der Waals surface area contributed by atoms with E-state index in [2.05, 4.69) is 21.0 Å². The Balaban J connectivity index is 1.91. The molecule has 1 aliphatic heterocycles. The van der Waals surface area contributed by atoms with Crippen LogP contribution in [0.15, 0.2) is 18.2 Å². The van der Waals surface area contributed by atoms with Gasteiger partial charge in [0, 0.05) is 12.1 Å². The van der Waals surface area contributed by atoms with Crippen molar-refractivity contribution in [3.63, 3.8) is 0 Å². The highest BCUT2D eigenvalue weighted by atomic mass is 32.1. The van der Waals surface area contributed by atoms with Crippen LogP contribution in [-0.2, 0) is 0 Å². The molecule has 0 saturated carbocycles. The summed E-state index contributed by atoms with van der Waals surface area (Å²) in [5, 5.41) is 3.29. The first-order valence-corrected chi connectivity index (χ1v) is 7.08. The quantitative estimate of drug-likeness (QED) is 0.931. The van der Waals surface area contributed by atoms with Gasteiger partial charge in [-0.25, -0.2) is 0 Å². The maximum absolute atomic E-state index is 5.59. The Morgan fingerprint density at radius 1 is 1.21 bits per heavy atom. The molecule has 19 heavy (non-hydrogen) atoms. The summed E-state index contributed by atoms with van der Waals surface area (Å²) in [5.74, 6) is 2.41. The van der Waals surface area contributed by atoms with Gasteiger partial charge in [-0.1, -0.05) is 6.92 Å². The molecule has 0 unspecified atom stereocenters.